The molecule has 0 radical (unpaired) electrons. The van der Waals surface area contributed by atoms with Crippen molar-refractivity contribution >= 4 is 5.69 Å². The van der Waals surface area contributed by atoms with Crippen LogP contribution in [0.25, 0.3) is 0 Å². The molecule has 0 amide bonds. The van der Waals surface area contributed by atoms with E-state index in [1.807, 2.05) is 0 Å². The summed E-state index contributed by atoms with van der Waals surface area (Å²) in [5, 5.41) is 3.57. The Balaban J connectivity index is 2.64. The lowest BCUT2D eigenvalue weighted by atomic mass is 10.0. The molecule has 0 spiro atoms. The standard InChI is InChI=1S/C14H23N/c1-10(2)8-13(5)15-14-7-6-11(3)9-12(14)4/h6-7,9-10,13,15H,8H2,1-5H3. The lowest BCUT2D eigenvalue weighted by molar-refractivity contribution is 0.539. The van der Waals surface area contributed by atoms with E-state index in [1.165, 1.54) is 23.2 Å². The molecular weight excluding hydrogens is 182 g/mol. The first-order chi connectivity index (χ1) is 6.99. The zero-order chi connectivity index (χ0) is 11.4. The van der Waals surface area contributed by atoms with E-state index in [4.69, 9.17) is 0 Å². The van der Waals surface area contributed by atoms with Crippen LogP contribution < -0.4 is 5.32 Å². The number of aryl methyl sites for hydroxylation is 2. The third kappa shape index (κ3) is 3.94. The van der Waals surface area contributed by atoms with E-state index in [-0.39, 0.29) is 0 Å². The van der Waals surface area contributed by atoms with Crippen molar-refractivity contribution in [2.24, 2.45) is 5.92 Å². The van der Waals surface area contributed by atoms with Crippen molar-refractivity contribution < 1.29 is 0 Å². The highest BCUT2D eigenvalue weighted by molar-refractivity contribution is 5.52. The number of benzene rings is 1. The fourth-order valence-corrected chi connectivity index (χ4v) is 2.01. The highest BCUT2D eigenvalue weighted by Gasteiger charge is 2.06. The van der Waals surface area contributed by atoms with E-state index in [0.717, 1.165) is 5.92 Å². The fraction of sp³-hybridized carbons (Fsp3) is 0.571. The summed E-state index contributed by atoms with van der Waals surface area (Å²) in [6.07, 6.45) is 1.22. The predicted molar refractivity (Wildman–Crippen MR) is 68.5 cm³/mol. The average molecular weight is 205 g/mol. The molecule has 0 saturated carbocycles. The largest absolute Gasteiger partial charge is 0.382 e. The Morgan fingerprint density at radius 1 is 1.13 bits per heavy atom. The minimum absolute atomic E-state index is 0.548. The van der Waals surface area contributed by atoms with Gasteiger partial charge in [-0.05, 0) is 44.7 Å². The molecule has 0 aliphatic carbocycles. The van der Waals surface area contributed by atoms with Crippen LogP contribution in [0.2, 0.25) is 0 Å². The van der Waals surface area contributed by atoms with E-state index in [0.29, 0.717) is 6.04 Å². The molecule has 0 saturated heterocycles. The molecule has 1 nitrogen and oxygen atoms in total. The molecule has 84 valence electrons. The van der Waals surface area contributed by atoms with Crippen molar-refractivity contribution in [3.8, 4) is 0 Å². The van der Waals surface area contributed by atoms with Crippen molar-refractivity contribution in [1.29, 1.82) is 0 Å². The smallest absolute Gasteiger partial charge is 0.0372 e. The summed E-state index contributed by atoms with van der Waals surface area (Å²) in [5.74, 6) is 0.748. The topological polar surface area (TPSA) is 12.0 Å². The summed E-state index contributed by atoms with van der Waals surface area (Å²) < 4.78 is 0. The predicted octanol–water partition coefficient (Wildman–Crippen LogP) is 4.15. The third-order valence-corrected chi connectivity index (χ3v) is 2.61. The van der Waals surface area contributed by atoms with Gasteiger partial charge in [0.2, 0.25) is 0 Å². The van der Waals surface area contributed by atoms with E-state index in [9.17, 15) is 0 Å². The minimum Gasteiger partial charge on any atom is -0.382 e. The van der Waals surface area contributed by atoms with E-state index in [2.05, 4.69) is 58.1 Å². The van der Waals surface area contributed by atoms with Crippen molar-refractivity contribution in [2.75, 3.05) is 5.32 Å². The van der Waals surface area contributed by atoms with Gasteiger partial charge in [0.15, 0.2) is 0 Å². The van der Waals surface area contributed by atoms with Gasteiger partial charge in [0.25, 0.3) is 0 Å². The van der Waals surface area contributed by atoms with Crippen LogP contribution in [0.5, 0.6) is 0 Å². The Labute approximate surface area is 93.9 Å². The van der Waals surface area contributed by atoms with Crippen LogP contribution >= 0.6 is 0 Å². The Hall–Kier alpha value is -0.980. The van der Waals surface area contributed by atoms with E-state index in [1.54, 1.807) is 0 Å². The van der Waals surface area contributed by atoms with Gasteiger partial charge >= 0.3 is 0 Å². The first kappa shape index (κ1) is 12.1. The number of anilines is 1. The van der Waals surface area contributed by atoms with Gasteiger partial charge in [-0.3, -0.25) is 0 Å². The van der Waals surface area contributed by atoms with Crippen LogP contribution in [0.1, 0.15) is 38.3 Å². The summed E-state index contributed by atoms with van der Waals surface area (Å²) >= 11 is 0. The number of hydrogen-bond acceptors (Lipinski definition) is 1. The SMILES string of the molecule is Cc1ccc(NC(C)CC(C)C)c(C)c1. The van der Waals surface area contributed by atoms with Crippen LogP contribution in [-0.2, 0) is 0 Å². The molecule has 1 unspecified atom stereocenters. The molecule has 0 fully saturated rings. The van der Waals surface area contributed by atoms with Crippen LogP contribution in [0.15, 0.2) is 18.2 Å². The Morgan fingerprint density at radius 3 is 2.33 bits per heavy atom. The van der Waals surface area contributed by atoms with Crippen molar-refractivity contribution in [1.82, 2.24) is 0 Å². The third-order valence-electron chi connectivity index (χ3n) is 2.61. The molecule has 1 atom stereocenters. The quantitative estimate of drug-likeness (QED) is 0.778. The van der Waals surface area contributed by atoms with Gasteiger partial charge in [0, 0.05) is 11.7 Å². The average Bonchev–Trinajstić information content (AvgIpc) is 2.08. The zero-order valence-electron chi connectivity index (χ0n) is 10.6. The second-order valence-corrected chi connectivity index (χ2v) is 4.99. The van der Waals surface area contributed by atoms with Crippen molar-refractivity contribution in [2.45, 2.75) is 47.1 Å². The molecule has 1 N–H and O–H groups in total. The van der Waals surface area contributed by atoms with Gasteiger partial charge in [-0.25, -0.2) is 0 Å². The van der Waals surface area contributed by atoms with Crippen LogP contribution in [0.3, 0.4) is 0 Å². The molecule has 1 rings (SSSR count). The molecule has 15 heavy (non-hydrogen) atoms. The van der Waals surface area contributed by atoms with Crippen LogP contribution in [0.4, 0.5) is 5.69 Å². The van der Waals surface area contributed by atoms with Gasteiger partial charge in [0.05, 0.1) is 0 Å². The molecule has 1 heteroatoms. The van der Waals surface area contributed by atoms with Gasteiger partial charge in [-0.15, -0.1) is 0 Å². The zero-order valence-corrected chi connectivity index (χ0v) is 10.6. The Bertz CT molecular complexity index is 315. The van der Waals surface area contributed by atoms with Crippen molar-refractivity contribution in [3.63, 3.8) is 0 Å². The second-order valence-electron chi connectivity index (χ2n) is 4.99. The number of nitrogens with one attached hydrogen (secondary N) is 1. The molecule has 0 heterocycles. The Morgan fingerprint density at radius 2 is 1.80 bits per heavy atom. The summed E-state index contributed by atoms with van der Waals surface area (Å²) in [5.41, 5.74) is 3.94. The number of hydrogen-bond donors (Lipinski definition) is 1. The van der Waals surface area contributed by atoms with Crippen LogP contribution in [-0.4, -0.2) is 6.04 Å². The molecule has 0 aliphatic heterocycles. The molecule has 1 aromatic rings. The van der Waals surface area contributed by atoms with E-state index >= 15 is 0 Å². The lowest BCUT2D eigenvalue weighted by Crippen LogP contribution is -2.17. The highest BCUT2D eigenvalue weighted by atomic mass is 14.9. The van der Waals surface area contributed by atoms with Gasteiger partial charge in [-0.1, -0.05) is 31.5 Å². The maximum atomic E-state index is 3.57. The monoisotopic (exact) mass is 205 g/mol. The lowest BCUT2D eigenvalue weighted by Gasteiger charge is -2.19. The first-order valence-corrected chi connectivity index (χ1v) is 5.83. The molecule has 0 bridgehead atoms. The second kappa shape index (κ2) is 5.20. The highest BCUT2D eigenvalue weighted by Crippen LogP contribution is 2.18. The molecular formula is C14H23N. The van der Waals surface area contributed by atoms with Gasteiger partial charge in [-0.2, -0.15) is 0 Å². The summed E-state index contributed by atoms with van der Waals surface area (Å²) in [7, 11) is 0. The molecule has 1 aromatic carbocycles. The summed E-state index contributed by atoms with van der Waals surface area (Å²) in [4.78, 5) is 0. The first-order valence-electron chi connectivity index (χ1n) is 5.83. The molecule has 0 aliphatic rings. The molecule has 0 aromatic heterocycles. The van der Waals surface area contributed by atoms with Gasteiger partial charge in [0.1, 0.15) is 0 Å². The maximum Gasteiger partial charge on any atom is 0.0372 e. The Kier molecular flexibility index (Phi) is 4.19. The normalized spacial score (nSPS) is 12.9. The van der Waals surface area contributed by atoms with Crippen molar-refractivity contribution in [3.05, 3.63) is 29.3 Å². The maximum absolute atomic E-state index is 3.57. The minimum atomic E-state index is 0.548. The number of rotatable bonds is 4. The fourth-order valence-electron chi connectivity index (χ4n) is 2.01. The summed E-state index contributed by atoms with van der Waals surface area (Å²) in [6, 6.07) is 7.12. The van der Waals surface area contributed by atoms with E-state index < -0.39 is 0 Å². The van der Waals surface area contributed by atoms with Crippen LogP contribution in [0, 0.1) is 19.8 Å². The summed E-state index contributed by atoms with van der Waals surface area (Å²) in [6.45, 7) is 11.1. The van der Waals surface area contributed by atoms with Gasteiger partial charge < -0.3 is 5.32 Å².